The van der Waals surface area contributed by atoms with Crippen molar-refractivity contribution in [3.05, 3.63) is 23.8 Å². The Morgan fingerprint density at radius 1 is 1.37 bits per heavy atom. The maximum absolute atomic E-state index is 11.9. The van der Waals surface area contributed by atoms with Crippen LogP contribution in [0.2, 0.25) is 0 Å². The summed E-state index contributed by atoms with van der Waals surface area (Å²) in [6.07, 6.45) is -0.282. The predicted octanol–water partition coefficient (Wildman–Crippen LogP) is 1.69. The molecule has 0 fully saturated rings. The number of esters is 1. The highest BCUT2D eigenvalue weighted by Gasteiger charge is 2.22. The molecule has 0 heterocycles. The number of carboxylic acids is 1. The van der Waals surface area contributed by atoms with Crippen molar-refractivity contribution in [3.63, 3.8) is 0 Å². The third-order valence-electron chi connectivity index (χ3n) is 2.48. The number of nitrogen functional groups attached to an aromatic ring is 1. The zero-order valence-electron chi connectivity index (χ0n) is 10.9. The summed E-state index contributed by atoms with van der Waals surface area (Å²) in [6.45, 7) is 1.81. The van der Waals surface area contributed by atoms with E-state index in [1.807, 2.05) is 6.92 Å². The van der Waals surface area contributed by atoms with Crippen LogP contribution >= 0.6 is 0 Å². The van der Waals surface area contributed by atoms with Crippen LogP contribution < -0.4 is 10.5 Å². The molecule has 0 saturated carbocycles. The second-order valence-corrected chi connectivity index (χ2v) is 4.02. The molecule has 1 rings (SSSR count). The third kappa shape index (κ3) is 4.17. The number of hydrogen-bond acceptors (Lipinski definition) is 5. The highest BCUT2D eigenvalue weighted by Crippen LogP contribution is 2.20. The third-order valence-corrected chi connectivity index (χ3v) is 2.48. The van der Waals surface area contributed by atoms with E-state index in [9.17, 15) is 9.59 Å². The fourth-order valence-electron chi connectivity index (χ4n) is 1.55. The van der Waals surface area contributed by atoms with E-state index in [1.54, 1.807) is 6.07 Å². The molecule has 0 aliphatic rings. The molecule has 1 unspecified atom stereocenters. The molecule has 1 aromatic rings. The second-order valence-electron chi connectivity index (χ2n) is 4.02. The predicted molar refractivity (Wildman–Crippen MR) is 69.2 cm³/mol. The van der Waals surface area contributed by atoms with Gasteiger partial charge in [-0.05, 0) is 18.6 Å². The average molecular weight is 267 g/mol. The van der Waals surface area contributed by atoms with Crippen molar-refractivity contribution in [3.8, 4) is 5.75 Å². The van der Waals surface area contributed by atoms with Gasteiger partial charge in [0.15, 0.2) is 6.10 Å². The van der Waals surface area contributed by atoms with Gasteiger partial charge < -0.3 is 20.3 Å². The minimum atomic E-state index is -1.16. The monoisotopic (exact) mass is 267 g/mol. The Labute approximate surface area is 111 Å². The molecule has 0 aliphatic heterocycles. The molecule has 0 bridgehead atoms. The number of carboxylic acid groups (broad SMARTS) is 1. The fraction of sp³-hybridized carbons (Fsp3) is 0.385. The van der Waals surface area contributed by atoms with Gasteiger partial charge in [0.25, 0.3) is 0 Å². The second kappa shape index (κ2) is 6.63. The molecule has 0 aliphatic carbocycles. The first-order valence-corrected chi connectivity index (χ1v) is 5.86. The average Bonchev–Trinajstić information content (AvgIpc) is 2.37. The van der Waals surface area contributed by atoms with Gasteiger partial charge in [0, 0.05) is 11.8 Å². The quantitative estimate of drug-likeness (QED) is 0.601. The number of carbonyl (C=O) groups is 2. The largest absolute Gasteiger partial charge is 0.497 e. The van der Waals surface area contributed by atoms with Gasteiger partial charge in [-0.25, -0.2) is 9.59 Å². The summed E-state index contributed by atoms with van der Waals surface area (Å²) in [7, 11) is 1.45. The molecule has 0 amide bonds. The standard InChI is InChI=1S/C13H17NO5/c1-3-4-11(12(15)16)19-13(17)8-5-9(14)7-10(6-8)18-2/h5-7,11H,3-4,14H2,1-2H3,(H,15,16). The van der Waals surface area contributed by atoms with Crippen LogP contribution in [-0.4, -0.2) is 30.3 Å². The van der Waals surface area contributed by atoms with E-state index in [1.165, 1.54) is 19.2 Å². The van der Waals surface area contributed by atoms with E-state index in [0.717, 1.165) is 0 Å². The number of nitrogens with two attached hydrogens (primary N) is 1. The lowest BCUT2D eigenvalue weighted by Crippen LogP contribution is -2.26. The van der Waals surface area contributed by atoms with Crippen molar-refractivity contribution in [1.29, 1.82) is 0 Å². The lowest BCUT2D eigenvalue weighted by molar-refractivity contribution is -0.147. The summed E-state index contributed by atoms with van der Waals surface area (Å²) in [5.41, 5.74) is 6.13. The van der Waals surface area contributed by atoms with E-state index in [0.29, 0.717) is 17.9 Å². The molecule has 6 nitrogen and oxygen atoms in total. The van der Waals surface area contributed by atoms with Gasteiger partial charge in [-0.1, -0.05) is 13.3 Å². The number of benzene rings is 1. The summed E-state index contributed by atoms with van der Waals surface area (Å²) < 4.78 is 9.92. The number of anilines is 1. The topological polar surface area (TPSA) is 98.9 Å². The summed E-state index contributed by atoms with van der Waals surface area (Å²) >= 11 is 0. The maximum Gasteiger partial charge on any atom is 0.345 e. The van der Waals surface area contributed by atoms with Crippen LogP contribution in [-0.2, 0) is 9.53 Å². The smallest absolute Gasteiger partial charge is 0.345 e. The number of methoxy groups -OCH3 is 1. The summed E-state index contributed by atoms with van der Waals surface area (Å²) in [5.74, 6) is -1.48. The SMILES string of the molecule is CCCC(OC(=O)c1cc(N)cc(OC)c1)C(=O)O. The zero-order valence-corrected chi connectivity index (χ0v) is 10.9. The zero-order chi connectivity index (χ0) is 14.4. The molecular weight excluding hydrogens is 250 g/mol. The van der Waals surface area contributed by atoms with Crippen LogP contribution in [0.4, 0.5) is 5.69 Å². The van der Waals surface area contributed by atoms with Crippen molar-refractivity contribution in [2.24, 2.45) is 0 Å². The molecule has 1 aromatic carbocycles. The molecule has 0 aromatic heterocycles. The van der Waals surface area contributed by atoms with Crippen LogP contribution in [0.15, 0.2) is 18.2 Å². The van der Waals surface area contributed by atoms with Gasteiger partial charge in [0.1, 0.15) is 5.75 Å². The Bertz CT molecular complexity index is 472. The van der Waals surface area contributed by atoms with Crippen molar-refractivity contribution in [1.82, 2.24) is 0 Å². The van der Waals surface area contributed by atoms with Crippen molar-refractivity contribution >= 4 is 17.6 Å². The Kier molecular flexibility index (Phi) is 5.17. The minimum Gasteiger partial charge on any atom is -0.497 e. The minimum absolute atomic E-state index is 0.166. The van der Waals surface area contributed by atoms with Gasteiger partial charge in [-0.3, -0.25) is 0 Å². The number of rotatable bonds is 6. The summed E-state index contributed by atoms with van der Waals surface area (Å²) in [4.78, 5) is 22.8. The van der Waals surface area contributed by atoms with Crippen LogP contribution in [0.5, 0.6) is 5.75 Å². The highest BCUT2D eigenvalue weighted by atomic mass is 16.6. The number of aliphatic carboxylic acids is 1. The molecule has 104 valence electrons. The van der Waals surface area contributed by atoms with E-state index in [2.05, 4.69) is 0 Å². The molecular formula is C13H17NO5. The first-order valence-electron chi connectivity index (χ1n) is 5.86. The summed E-state index contributed by atoms with van der Waals surface area (Å²) in [6, 6.07) is 4.41. The van der Waals surface area contributed by atoms with Crippen LogP contribution in [0.3, 0.4) is 0 Å². The van der Waals surface area contributed by atoms with Crippen LogP contribution in [0.25, 0.3) is 0 Å². The molecule has 6 heteroatoms. The van der Waals surface area contributed by atoms with Crippen LogP contribution in [0, 0.1) is 0 Å². The fourth-order valence-corrected chi connectivity index (χ4v) is 1.55. The first-order chi connectivity index (χ1) is 8.97. The first kappa shape index (κ1) is 14.8. The Hall–Kier alpha value is -2.24. The van der Waals surface area contributed by atoms with Crippen molar-refractivity contribution in [2.45, 2.75) is 25.9 Å². The van der Waals surface area contributed by atoms with E-state index in [4.69, 9.17) is 20.3 Å². The Morgan fingerprint density at radius 3 is 2.58 bits per heavy atom. The molecule has 0 radical (unpaired) electrons. The van der Waals surface area contributed by atoms with Gasteiger partial charge in [-0.2, -0.15) is 0 Å². The van der Waals surface area contributed by atoms with Gasteiger partial charge in [0.05, 0.1) is 12.7 Å². The number of ether oxygens (including phenoxy) is 2. The van der Waals surface area contributed by atoms with E-state index in [-0.39, 0.29) is 12.0 Å². The van der Waals surface area contributed by atoms with E-state index >= 15 is 0 Å². The molecule has 3 N–H and O–H groups in total. The lowest BCUT2D eigenvalue weighted by Gasteiger charge is -2.13. The van der Waals surface area contributed by atoms with Crippen molar-refractivity contribution < 1.29 is 24.2 Å². The van der Waals surface area contributed by atoms with Crippen molar-refractivity contribution in [2.75, 3.05) is 12.8 Å². The Balaban J connectivity index is 2.87. The number of carbonyl (C=O) groups excluding carboxylic acids is 1. The van der Waals surface area contributed by atoms with E-state index < -0.39 is 18.0 Å². The maximum atomic E-state index is 11.9. The van der Waals surface area contributed by atoms with Gasteiger partial charge in [-0.15, -0.1) is 0 Å². The highest BCUT2D eigenvalue weighted by molar-refractivity contribution is 5.92. The molecule has 0 saturated heterocycles. The summed E-state index contributed by atoms with van der Waals surface area (Å²) in [5, 5.41) is 8.93. The van der Waals surface area contributed by atoms with Crippen LogP contribution in [0.1, 0.15) is 30.1 Å². The van der Waals surface area contributed by atoms with Gasteiger partial charge >= 0.3 is 11.9 Å². The van der Waals surface area contributed by atoms with Gasteiger partial charge in [0.2, 0.25) is 0 Å². The molecule has 0 spiro atoms. The molecule has 1 atom stereocenters. The molecule has 19 heavy (non-hydrogen) atoms. The Morgan fingerprint density at radius 2 is 2.05 bits per heavy atom. The lowest BCUT2D eigenvalue weighted by atomic mass is 10.1. The number of hydrogen-bond donors (Lipinski definition) is 2. The normalized spacial score (nSPS) is 11.7.